The molecule has 0 atom stereocenters. The Morgan fingerprint density at radius 3 is 2.69 bits per heavy atom. The number of nitrogens with one attached hydrogen (secondary N) is 1. The van der Waals surface area contributed by atoms with Gasteiger partial charge >= 0.3 is 0 Å². The lowest BCUT2D eigenvalue weighted by molar-refractivity contribution is 0.101. The monoisotopic (exact) mass is 451 g/mol. The predicted molar refractivity (Wildman–Crippen MR) is 120 cm³/mol. The average Bonchev–Trinajstić information content (AvgIpc) is 3.35. The second kappa shape index (κ2) is 9.23. The molecule has 0 aliphatic heterocycles. The number of carbonyl (C=O) groups is 1. The van der Waals surface area contributed by atoms with E-state index in [1.54, 1.807) is 17.9 Å². The Morgan fingerprint density at radius 1 is 1.16 bits per heavy atom. The van der Waals surface area contributed by atoms with Crippen molar-refractivity contribution in [3.05, 3.63) is 87.5 Å². The van der Waals surface area contributed by atoms with Crippen LogP contribution in [0.15, 0.2) is 53.3 Å². The molecule has 8 nitrogen and oxygen atoms in total. The van der Waals surface area contributed by atoms with Crippen molar-refractivity contribution in [3.63, 3.8) is 0 Å². The number of hydrogen-bond donors (Lipinski definition) is 1. The third kappa shape index (κ3) is 4.97. The fourth-order valence-corrected chi connectivity index (χ4v) is 3.34. The van der Waals surface area contributed by atoms with Crippen molar-refractivity contribution in [2.75, 3.05) is 5.32 Å². The highest BCUT2D eigenvalue weighted by Crippen LogP contribution is 2.22. The van der Waals surface area contributed by atoms with Crippen LogP contribution in [0.25, 0.3) is 0 Å². The highest BCUT2D eigenvalue weighted by Gasteiger charge is 2.22. The molecule has 164 valence electrons. The molecule has 32 heavy (non-hydrogen) atoms. The number of hydrogen-bond acceptors (Lipinski definition) is 6. The molecular weight excluding hydrogens is 430 g/mol. The summed E-state index contributed by atoms with van der Waals surface area (Å²) in [6.45, 7) is 6.39. The Labute approximate surface area is 190 Å². The Morgan fingerprint density at radius 2 is 1.94 bits per heavy atom. The molecule has 0 unspecified atom stereocenters. The number of carbonyl (C=O) groups excluding carboxylic acids is 1. The second-order valence-electron chi connectivity index (χ2n) is 7.47. The topological polar surface area (TPSA) is 95.1 Å². The van der Waals surface area contributed by atoms with Gasteiger partial charge in [0.25, 0.3) is 5.91 Å². The van der Waals surface area contributed by atoms with Gasteiger partial charge in [-0.05, 0) is 50.1 Å². The zero-order chi connectivity index (χ0) is 22.7. The van der Waals surface area contributed by atoms with E-state index in [1.165, 1.54) is 0 Å². The van der Waals surface area contributed by atoms with Crippen LogP contribution in [-0.4, -0.2) is 25.8 Å². The van der Waals surface area contributed by atoms with Crippen LogP contribution in [0.1, 0.15) is 38.5 Å². The first kappa shape index (κ1) is 21.6. The number of halogens is 1. The fraction of sp³-hybridized carbons (Fsp3) is 0.217. The van der Waals surface area contributed by atoms with E-state index in [2.05, 4.69) is 20.6 Å². The summed E-state index contributed by atoms with van der Waals surface area (Å²) in [6.07, 6.45) is 1.54. The lowest BCUT2D eigenvalue weighted by Crippen LogP contribution is -2.16. The molecule has 2 aromatic carbocycles. The van der Waals surface area contributed by atoms with E-state index in [0.29, 0.717) is 22.9 Å². The molecule has 0 aliphatic carbocycles. The lowest BCUT2D eigenvalue weighted by atomic mass is 10.1. The van der Waals surface area contributed by atoms with Crippen LogP contribution in [0.4, 0.5) is 5.95 Å². The summed E-state index contributed by atoms with van der Waals surface area (Å²) in [6, 6.07) is 13.4. The van der Waals surface area contributed by atoms with Crippen LogP contribution in [0.5, 0.6) is 5.75 Å². The fourth-order valence-electron chi connectivity index (χ4n) is 3.22. The van der Waals surface area contributed by atoms with Crippen LogP contribution in [0.3, 0.4) is 0 Å². The van der Waals surface area contributed by atoms with E-state index in [0.717, 1.165) is 22.4 Å². The zero-order valence-corrected chi connectivity index (χ0v) is 18.7. The number of nitrogens with zero attached hydrogens (tertiary/aromatic N) is 4. The van der Waals surface area contributed by atoms with Gasteiger partial charge < -0.3 is 9.26 Å². The van der Waals surface area contributed by atoms with Crippen molar-refractivity contribution in [1.82, 2.24) is 19.9 Å². The summed E-state index contributed by atoms with van der Waals surface area (Å²) in [4.78, 5) is 16.9. The summed E-state index contributed by atoms with van der Waals surface area (Å²) in [5, 5.41) is 11.5. The maximum Gasteiger partial charge on any atom is 0.280 e. The molecule has 0 saturated carbocycles. The summed E-state index contributed by atoms with van der Waals surface area (Å²) in [5.41, 5.74) is 3.89. The minimum atomic E-state index is -0.467. The van der Waals surface area contributed by atoms with E-state index in [9.17, 15) is 4.79 Å². The first-order valence-corrected chi connectivity index (χ1v) is 10.4. The van der Waals surface area contributed by atoms with Gasteiger partial charge in [0.05, 0.1) is 12.1 Å². The van der Waals surface area contributed by atoms with Gasteiger partial charge in [0, 0.05) is 5.02 Å². The summed E-state index contributed by atoms with van der Waals surface area (Å²) >= 11 is 5.92. The van der Waals surface area contributed by atoms with E-state index in [1.807, 2.05) is 56.3 Å². The quantitative estimate of drug-likeness (QED) is 0.436. The number of amides is 1. The highest BCUT2D eigenvalue weighted by atomic mass is 35.5. The van der Waals surface area contributed by atoms with Gasteiger partial charge in [-0.1, -0.05) is 46.6 Å². The Kier molecular flexibility index (Phi) is 6.23. The molecule has 9 heteroatoms. The van der Waals surface area contributed by atoms with E-state index >= 15 is 0 Å². The second-order valence-corrected chi connectivity index (χ2v) is 7.91. The molecule has 0 spiro atoms. The summed E-state index contributed by atoms with van der Waals surface area (Å²) < 4.78 is 12.8. The van der Waals surface area contributed by atoms with Crippen LogP contribution in [0.2, 0.25) is 5.02 Å². The molecule has 4 rings (SSSR count). The van der Waals surface area contributed by atoms with Gasteiger partial charge in [0.1, 0.15) is 24.4 Å². The van der Waals surface area contributed by atoms with Gasteiger partial charge in [-0.15, -0.1) is 5.10 Å². The molecule has 1 amide bonds. The number of aryl methyl sites for hydroxylation is 3. The molecule has 2 aromatic heterocycles. The van der Waals surface area contributed by atoms with Gasteiger partial charge in [-0.25, -0.2) is 9.67 Å². The Bertz CT molecular complexity index is 1250. The van der Waals surface area contributed by atoms with Gasteiger partial charge in [0.2, 0.25) is 5.95 Å². The minimum Gasteiger partial charge on any atom is -0.488 e. The maximum atomic E-state index is 12.8. The number of benzene rings is 2. The van der Waals surface area contributed by atoms with Crippen molar-refractivity contribution < 1.29 is 14.1 Å². The van der Waals surface area contributed by atoms with Gasteiger partial charge in [-0.3, -0.25) is 10.1 Å². The molecule has 0 aliphatic rings. The third-order valence-electron chi connectivity index (χ3n) is 4.92. The van der Waals surface area contributed by atoms with Crippen molar-refractivity contribution in [2.45, 2.75) is 33.9 Å². The Hall–Kier alpha value is -3.65. The number of anilines is 1. The van der Waals surface area contributed by atoms with Crippen LogP contribution >= 0.6 is 11.6 Å². The van der Waals surface area contributed by atoms with E-state index in [4.69, 9.17) is 20.9 Å². The molecule has 2 heterocycles. The molecule has 0 saturated heterocycles. The highest BCUT2D eigenvalue weighted by molar-refractivity contribution is 6.30. The summed E-state index contributed by atoms with van der Waals surface area (Å²) in [7, 11) is 0. The SMILES string of the molecule is Cc1ccc(OCc2c(C(=O)Nc3ncn(Cc4ccc(Cl)cc4)n3)noc2C)c(C)c1. The van der Waals surface area contributed by atoms with Crippen molar-refractivity contribution >= 4 is 23.5 Å². The molecule has 0 bridgehead atoms. The lowest BCUT2D eigenvalue weighted by Gasteiger charge is -2.10. The standard InChI is InChI=1S/C23H22ClN5O3/c1-14-4-9-20(15(2)10-14)31-12-19-16(3)32-28-21(19)22(30)26-23-25-13-29(27-23)11-17-5-7-18(24)8-6-17/h4-10,13H,11-12H2,1-3H3,(H,26,27,30). The van der Waals surface area contributed by atoms with Gasteiger partial charge in [-0.2, -0.15) is 0 Å². The normalized spacial score (nSPS) is 10.9. The molecule has 0 radical (unpaired) electrons. The smallest absolute Gasteiger partial charge is 0.280 e. The van der Waals surface area contributed by atoms with Crippen molar-refractivity contribution in [2.24, 2.45) is 0 Å². The third-order valence-corrected chi connectivity index (χ3v) is 5.17. The van der Waals surface area contributed by atoms with Crippen molar-refractivity contribution in [1.29, 1.82) is 0 Å². The first-order valence-electron chi connectivity index (χ1n) is 9.99. The minimum absolute atomic E-state index is 0.140. The predicted octanol–water partition coefficient (Wildman–Crippen LogP) is 4.72. The van der Waals surface area contributed by atoms with E-state index < -0.39 is 5.91 Å². The largest absolute Gasteiger partial charge is 0.488 e. The Balaban J connectivity index is 1.43. The first-order chi connectivity index (χ1) is 15.4. The summed E-state index contributed by atoms with van der Waals surface area (Å²) in [5.74, 6) is 0.961. The van der Waals surface area contributed by atoms with Crippen molar-refractivity contribution in [3.8, 4) is 5.75 Å². The van der Waals surface area contributed by atoms with Crippen LogP contribution in [0, 0.1) is 20.8 Å². The van der Waals surface area contributed by atoms with Gasteiger partial charge in [0.15, 0.2) is 5.69 Å². The number of ether oxygens (including phenoxy) is 1. The molecular formula is C23H22ClN5O3. The average molecular weight is 452 g/mol. The number of rotatable bonds is 7. The van der Waals surface area contributed by atoms with Crippen LogP contribution < -0.4 is 10.1 Å². The number of aromatic nitrogens is 4. The molecule has 0 fully saturated rings. The van der Waals surface area contributed by atoms with Crippen LogP contribution in [-0.2, 0) is 13.2 Å². The zero-order valence-electron chi connectivity index (χ0n) is 17.9. The maximum absolute atomic E-state index is 12.8. The molecule has 1 N–H and O–H groups in total. The van der Waals surface area contributed by atoms with E-state index in [-0.39, 0.29) is 18.2 Å². The molecule has 4 aromatic rings.